The van der Waals surface area contributed by atoms with E-state index in [1.165, 1.54) is 6.07 Å². The van der Waals surface area contributed by atoms with E-state index in [9.17, 15) is 9.18 Å². The number of carbonyl (C=O) groups excluding carboxylic acids is 1. The van der Waals surface area contributed by atoms with Crippen LogP contribution in [0, 0.1) is 19.7 Å². The van der Waals surface area contributed by atoms with Crippen LogP contribution in [-0.2, 0) is 16.0 Å². The molecular weight excluding hydrogens is 343 g/mol. The molecule has 1 amide bonds. The third kappa shape index (κ3) is 5.37. The maximum Gasteiger partial charge on any atom is 0.224 e. The van der Waals surface area contributed by atoms with E-state index in [4.69, 9.17) is 4.74 Å². The zero-order valence-electron chi connectivity index (χ0n) is 16.0. The van der Waals surface area contributed by atoms with Gasteiger partial charge < -0.3 is 10.1 Å². The number of ether oxygens (including phenoxy) is 1. The van der Waals surface area contributed by atoms with Crippen molar-refractivity contribution >= 4 is 5.91 Å². The first-order valence-corrected chi connectivity index (χ1v) is 9.43. The third-order valence-corrected chi connectivity index (χ3v) is 5.07. The molecule has 0 spiro atoms. The molecule has 3 rings (SSSR count). The molecule has 0 bridgehead atoms. The highest BCUT2D eigenvalue weighted by atomic mass is 19.1. The average Bonchev–Trinajstić information content (AvgIpc) is 2.66. The van der Waals surface area contributed by atoms with Crippen LogP contribution in [0.5, 0.6) is 0 Å². The highest BCUT2D eigenvalue weighted by Crippen LogP contribution is 2.22. The largest absolute Gasteiger partial charge is 0.379 e. The second-order valence-corrected chi connectivity index (χ2v) is 7.13. The second kappa shape index (κ2) is 9.11. The summed E-state index contributed by atoms with van der Waals surface area (Å²) in [6.45, 7) is 7.35. The van der Waals surface area contributed by atoms with Crippen molar-refractivity contribution in [1.29, 1.82) is 0 Å². The number of nitrogens with zero attached hydrogens (tertiary/aromatic N) is 1. The molecule has 1 unspecified atom stereocenters. The summed E-state index contributed by atoms with van der Waals surface area (Å²) in [5.74, 6) is -0.272. The molecule has 1 heterocycles. The van der Waals surface area contributed by atoms with Gasteiger partial charge in [0.1, 0.15) is 5.82 Å². The predicted octanol–water partition coefficient (Wildman–Crippen LogP) is 3.17. The predicted molar refractivity (Wildman–Crippen MR) is 104 cm³/mol. The quantitative estimate of drug-likeness (QED) is 0.849. The first kappa shape index (κ1) is 19.5. The number of benzene rings is 2. The number of carbonyl (C=O) groups is 1. The Morgan fingerprint density at radius 2 is 1.96 bits per heavy atom. The summed E-state index contributed by atoms with van der Waals surface area (Å²) < 4.78 is 19.2. The van der Waals surface area contributed by atoms with E-state index in [1.807, 2.05) is 26.0 Å². The Balaban J connectivity index is 1.68. The van der Waals surface area contributed by atoms with Gasteiger partial charge in [-0.1, -0.05) is 35.9 Å². The molecule has 1 aliphatic rings. The molecule has 2 aromatic rings. The summed E-state index contributed by atoms with van der Waals surface area (Å²) in [5, 5.41) is 3.05. The monoisotopic (exact) mass is 370 g/mol. The number of aryl methyl sites for hydroxylation is 2. The molecule has 0 saturated carbocycles. The van der Waals surface area contributed by atoms with E-state index >= 15 is 0 Å². The van der Waals surface area contributed by atoms with E-state index in [0.29, 0.717) is 26.2 Å². The maximum absolute atomic E-state index is 13.7. The van der Waals surface area contributed by atoms with Gasteiger partial charge in [-0.15, -0.1) is 0 Å². The molecule has 5 heteroatoms. The Hall–Kier alpha value is -2.24. The number of amides is 1. The molecule has 1 saturated heterocycles. The highest BCUT2D eigenvalue weighted by Gasteiger charge is 2.23. The van der Waals surface area contributed by atoms with Gasteiger partial charge in [0.05, 0.1) is 25.7 Å². The van der Waals surface area contributed by atoms with Crippen LogP contribution in [-0.4, -0.2) is 43.7 Å². The molecule has 1 fully saturated rings. The second-order valence-electron chi connectivity index (χ2n) is 7.13. The van der Waals surface area contributed by atoms with Crippen LogP contribution in [0.2, 0.25) is 0 Å². The van der Waals surface area contributed by atoms with Crippen molar-refractivity contribution in [2.45, 2.75) is 26.3 Å². The zero-order valence-corrected chi connectivity index (χ0v) is 16.0. The van der Waals surface area contributed by atoms with Crippen LogP contribution in [0.1, 0.15) is 28.3 Å². The van der Waals surface area contributed by atoms with Crippen LogP contribution in [0.4, 0.5) is 4.39 Å². The molecular formula is C22H27FN2O2. The Morgan fingerprint density at radius 3 is 2.70 bits per heavy atom. The minimum atomic E-state index is -0.257. The zero-order chi connectivity index (χ0) is 19.2. The molecule has 1 aliphatic heterocycles. The number of rotatable bonds is 6. The van der Waals surface area contributed by atoms with E-state index in [2.05, 4.69) is 22.3 Å². The molecule has 27 heavy (non-hydrogen) atoms. The molecule has 0 radical (unpaired) electrons. The fourth-order valence-electron chi connectivity index (χ4n) is 3.50. The van der Waals surface area contributed by atoms with Crippen molar-refractivity contribution in [2.24, 2.45) is 0 Å². The van der Waals surface area contributed by atoms with Crippen LogP contribution < -0.4 is 5.32 Å². The normalized spacial score (nSPS) is 16.1. The summed E-state index contributed by atoms with van der Waals surface area (Å²) in [7, 11) is 0. The van der Waals surface area contributed by atoms with Gasteiger partial charge in [-0.2, -0.15) is 0 Å². The van der Waals surface area contributed by atoms with E-state index in [1.54, 1.807) is 12.1 Å². The number of hydrogen-bond donors (Lipinski definition) is 1. The molecule has 2 aromatic carbocycles. The standard InChI is InChI=1S/C22H27FN2O2/c1-16-6-7-17(2)19(12-16)14-22(26)24-15-21(25-8-10-27-11-9-25)18-4-3-5-20(23)13-18/h3-7,12-13,21H,8-11,14-15H2,1-2H3,(H,24,26). The van der Waals surface area contributed by atoms with Gasteiger partial charge >= 0.3 is 0 Å². The summed E-state index contributed by atoms with van der Waals surface area (Å²) in [4.78, 5) is 14.8. The van der Waals surface area contributed by atoms with Gasteiger partial charge in [0.15, 0.2) is 0 Å². The summed E-state index contributed by atoms with van der Waals surface area (Å²) in [6.07, 6.45) is 0.354. The van der Waals surface area contributed by atoms with Crippen LogP contribution in [0.3, 0.4) is 0 Å². The maximum atomic E-state index is 13.7. The van der Waals surface area contributed by atoms with E-state index in [0.717, 1.165) is 35.3 Å². The lowest BCUT2D eigenvalue weighted by Gasteiger charge is -2.35. The minimum absolute atomic E-state index is 0.0154. The van der Waals surface area contributed by atoms with Gasteiger partial charge in [-0.05, 0) is 42.7 Å². The van der Waals surface area contributed by atoms with Crippen molar-refractivity contribution < 1.29 is 13.9 Å². The van der Waals surface area contributed by atoms with Gasteiger partial charge in [-0.3, -0.25) is 9.69 Å². The Morgan fingerprint density at radius 1 is 1.19 bits per heavy atom. The lowest BCUT2D eigenvalue weighted by Crippen LogP contribution is -2.44. The third-order valence-electron chi connectivity index (χ3n) is 5.07. The minimum Gasteiger partial charge on any atom is -0.379 e. The number of hydrogen-bond acceptors (Lipinski definition) is 3. The lowest BCUT2D eigenvalue weighted by atomic mass is 10.0. The summed E-state index contributed by atoms with van der Waals surface area (Å²) in [5.41, 5.74) is 4.19. The SMILES string of the molecule is Cc1ccc(C)c(CC(=O)NCC(c2cccc(F)c2)N2CCOCC2)c1. The first-order valence-electron chi connectivity index (χ1n) is 9.43. The van der Waals surface area contributed by atoms with Crippen molar-refractivity contribution in [3.05, 3.63) is 70.5 Å². The first-order chi connectivity index (χ1) is 13.0. The topological polar surface area (TPSA) is 41.6 Å². The summed E-state index contributed by atoms with van der Waals surface area (Å²) in [6, 6.07) is 12.7. The Kier molecular flexibility index (Phi) is 6.58. The molecule has 4 nitrogen and oxygen atoms in total. The van der Waals surface area contributed by atoms with Crippen molar-refractivity contribution in [3.63, 3.8) is 0 Å². The molecule has 0 aliphatic carbocycles. The van der Waals surface area contributed by atoms with Gasteiger partial charge in [-0.25, -0.2) is 4.39 Å². The van der Waals surface area contributed by atoms with Gasteiger partial charge in [0.25, 0.3) is 0 Å². The lowest BCUT2D eigenvalue weighted by molar-refractivity contribution is -0.120. The Labute approximate surface area is 160 Å². The van der Waals surface area contributed by atoms with E-state index in [-0.39, 0.29) is 17.8 Å². The molecule has 0 aromatic heterocycles. The number of nitrogens with one attached hydrogen (secondary N) is 1. The summed E-state index contributed by atoms with van der Waals surface area (Å²) >= 11 is 0. The van der Waals surface area contributed by atoms with Crippen molar-refractivity contribution in [1.82, 2.24) is 10.2 Å². The number of halogens is 1. The van der Waals surface area contributed by atoms with Gasteiger partial charge in [0, 0.05) is 19.6 Å². The smallest absolute Gasteiger partial charge is 0.224 e. The fraction of sp³-hybridized carbons (Fsp3) is 0.409. The fourth-order valence-corrected chi connectivity index (χ4v) is 3.50. The van der Waals surface area contributed by atoms with Crippen LogP contribution >= 0.6 is 0 Å². The molecule has 1 atom stereocenters. The van der Waals surface area contributed by atoms with E-state index < -0.39 is 0 Å². The van der Waals surface area contributed by atoms with Crippen LogP contribution in [0.15, 0.2) is 42.5 Å². The average molecular weight is 370 g/mol. The van der Waals surface area contributed by atoms with Crippen molar-refractivity contribution in [2.75, 3.05) is 32.8 Å². The van der Waals surface area contributed by atoms with Gasteiger partial charge in [0.2, 0.25) is 5.91 Å². The Bertz CT molecular complexity index is 788. The van der Waals surface area contributed by atoms with Crippen LogP contribution in [0.25, 0.3) is 0 Å². The van der Waals surface area contributed by atoms with Crippen molar-refractivity contribution in [3.8, 4) is 0 Å². The molecule has 144 valence electrons. The number of morpholine rings is 1. The highest BCUT2D eigenvalue weighted by molar-refractivity contribution is 5.79. The molecule has 1 N–H and O–H groups in total.